The fraction of sp³-hybridized carbons (Fsp3) is 0. The summed E-state index contributed by atoms with van der Waals surface area (Å²) in [6, 6.07) is 118. The summed E-state index contributed by atoms with van der Waals surface area (Å²) in [6.45, 7) is 0. The van der Waals surface area contributed by atoms with Gasteiger partial charge in [-0.1, -0.05) is 243 Å². The van der Waals surface area contributed by atoms with E-state index in [0.29, 0.717) is 5.95 Å². The summed E-state index contributed by atoms with van der Waals surface area (Å²) < 4.78 is 12.8. The molecule has 0 saturated carbocycles. The lowest BCUT2D eigenvalue weighted by Crippen LogP contribution is -2.04. The average molecular weight is 1500 g/mol. The molecule has 8 heterocycles. The zero-order valence-corrected chi connectivity index (χ0v) is 62.9. The fourth-order valence-electron chi connectivity index (χ4n) is 17.8. The quantitative estimate of drug-likeness (QED) is 0.141. The van der Waals surface area contributed by atoms with E-state index >= 15 is 0 Å². The van der Waals surface area contributed by atoms with Crippen molar-refractivity contribution >= 4 is 268 Å². The Morgan fingerprint density at radius 3 is 1.20 bits per heavy atom. The number of hydrogen-bond acceptors (Lipinski definition) is 8. The average Bonchev–Trinajstić information content (AvgIpc) is 1.65. The van der Waals surface area contributed by atoms with E-state index in [-0.39, 0.29) is 5.28 Å². The highest BCUT2D eigenvalue weighted by Crippen LogP contribution is 2.48. The van der Waals surface area contributed by atoms with Gasteiger partial charge in [-0.25, -0.2) is 19.9 Å². The summed E-state index contributed by atoms with van der Waals surface area (Å²) in [6.07, 6.45) is 0. The van der Waals surface area contributed by atoms with E-state index < -0.39 is 0 Å². The molecule has 0 aliphatic rings. The summed E-state index contributed by atoms with van der Waals surface area (Å²) in [5.41, 5.74) is 10.4. The van der Waals surface area contributed by atoms with Crippen molar-refractivity contribution < 1.29 is 0 Å². The Labute approximate surface area is 653 Å². The van der Waals surface area contributed by atoms with Gasteiger partial charge in [0.05, 0.1) is 33.5 Å². The largest absolute Gasteiger partial charge is 0.354 e. The Balaban J connectivity index is 0.000000108. The molecule has 0 bridgehead atoms. The van der Waals surface area contributed by atoms with E-state index in [9.17, 15) is 0 Å². The van der Waals surface area contributed by atoms with Crippen LogP contribution in [0.1, 0.15) is 0 Å². The number of fused-ring (bicyclic) bond motifs is 34. The van der Waals surface area contributed by atoms with Gasteiger partial charge >= 0.3 is 0 Å². The van der Waals surface area contributed by atoms with Crippen molar-refractivity contribution in [1.82, 2.24) is 29.5 Å². The zero-order chi connectivity index (χ0) is 72.7. The topological polar surface area (TPSA) is 72.3 Å². The molecule has 0 amide bonds. The van der Waals surface area contributed by atoms with E-state index in [2.05, 4.69) is 337 Å². The van der Waals surface area contributed by atoms with Crippen LogP contribution in [-0.4, -0.2) is 29.5 Å². The van der Waals surface area contributed by atoms with E-state index in [0.717, 1.165) is 76.9 Å². The molecule has 0 atom stereocenters. The van der Waals surface area contributed by atoms with Crippen molar-refractivity contribution in [3.8, 4) is 28.5 Å². The smallest absolute Gasteiger partial charge is 0.235 e. The number of halogens is 1. The van der Waals surface area contributed by atoms with Crippen LogP contribution in [-0.2, 0) is 0 Å². The molecule has 0 aliphatic heterocycles. The van der Waals surface area contributed by atoms with Gasteiger partial charge in [0.15, 0.2) is 0 Å². The second-order valence-electron chi connectivity index (χ2n) is 28.8. The fourth-order valence-corrected chi connectivity index (χ4v) is 22.6. The molecule has 26 aromatic rings. The van der Waals surface area contributed by atoms with Crippen LogP contribution >= 0.6 is 56.9 Å². The third-order valence-electron chi connectivity index (χ3n) is 22.8. The summed E-state index contributed by atoms with van der Waals surface area (Å²) in [5.74, 6) is 0.673. The Hall–Kier alpha value is -13.0. The Kier molecular flexibility index (Phi) is 13.9. The maximum atomic E-state index is 6.50. The van der Waals surface area contributed by atoms with Crippen LogP contribution in [0.2, 0.25) is 5.28 Å². The van der Waals surface area contributed by atoms with Crippen LogP contribution in [0.5, 0.6) is 0 Å². The van der Waals surface area contributed by atoms with Crippen molar-refractivity contribution in [3.05, 3.63) is 333 Å². The lowest BCUT2D eigenvalue weighted by atomic mass is 9.94. The highest BCUT2D eigenvalue weighted by Gasteiger charge is 2.25. The van der Waals surface area contributed by atoms with Gasteiger partial charge in [0.1, 0.15) is 0 Å². The molecule has 0 unspecified atom stereocenters. The molecule has 516 valence electrons. The number of benzene rings is 18. The van der Waals surface area contributed by atoms with Crippen molar-refractivity contribution in [3.63, 3.8) is 0 Å². The van der Waals surface area contributed by atoms with E-state index in [4.69, 9.17) is 31.5 Å². The normalized spacial score (nSPS) is 12.2. The lowest BCUT2D eigenvalue weighted by Gasteiger charge is -2.16. The number of H-pyrrole nitrogens is 1. The minimum absolute atomic E-state index is 0.267. The second kappa shape index (κ2) is 24.5. The standard InChI is InChI=1S/C50H27N3S2.C28H15ClN2S.C22H13NS/c1-3-16-35-30(11-1)31-12-2-4-17-36(31)48-46(35)47(29-22-24-45-40(26-29)34-15-7-9-19-43(34)54-45)51-50(52-48)53-41-18-8-5-13-32(41)39-25-28-21-23-37-33-14-6-10-20-44(33)55-49(37)38(28)27-42(39)53;29-28-30-26(16-13-14-24-22(15-16)19-9-5-6-12-23(19)32-24)25-20-10-3-1-7-17(20)18-8-2-4-11-21(18)27(25)31-28;1-3-7-19-14(5-1)18-11-13-9-10-16-15-6-2-4-8-21(15)24-22(16)17(13)12-20(18)23-19/h1-27H;1-15H;1-12,23H. The monoisotopic (exact) mass is 1500 g/mol. The van der Waals surface area contributed by atoms with Gasteiger partial charge in [0, 0.05) is 157 Å². The summed E-state index contributed by atoms with van der Waals surface area (Å²) in [4.78, 5) is 24.3. The van der Waals surface area contributed by atoms with Crippen LogP contribution in [0, 0.1) is 0 Å². The first-order chi connectivity index (χ1) is 54.9. The van der Waals surface area contributed by atoms with Gasteiger partial charge in [0.2, 0.25) is 11.2 Å². The molecule has 1 N–H and O–H groups in total. The number of rotatable bonds is 3. The maximum absolute atomic E-state index is 6.50. The van der Waals surface area contributed by atoms with Crippen molar-refractivity contribution in [2.75, 3.05) is 0 Å². The molecule has 0 spiro atoms. The maximum Gasteiger partial charge on any atom is 0.235 e. The van der Waals surface area contributed by atoms with Crippen LogP contribution in [0.3, 0.4) is 0 Å². The molecule has 6 nitrogen and oxygen atoms in total. The van der Waals surface area contributed by atoms with Crippen LogP contribution < -0.4 is 0 Å². The van der Waals surface area contributed by atoms with Crippen molar-refractivity contribution in [1.29, 1.82) is 0 Å². The molecule has 0 aliphatic carbocycles. The Morgan fingerprint density at radius 1 is 0.243 bits per heavy atom. The number of aromatic nitrogens is 6. The summed E-state index contributed by atoms with van der Waals surface area (Å²) >= 11 is 13.9. The lowest BCUT2D eigenvalue weighted by molar-refractivity contribution is 1.02. The third-order valence-corrected chi connectivity index (χ3v) is 27.7. The van der Waals surface area contributed by atoms with Crippen LogP contribution in [0.15, 0.2) is 328 Å². The van der Waals surface area contributed by atoms with Gasteiger partial charge < -0.3 is 4.98 Å². The zero-order valence-electron chi connectivity index (χ0n) is 58.9. The number of hydrogen-bond donors (Lipinski definition) is 1. The predicted molar refractivity (Wildman–Crippen MR) is 482 cm³/mol. The molecular formula is C100H55ClN6S4. The van der Waals surface area contributed by atoms with E-state index in [1.807, 2.05) is 45.3 Å². The number of nitrogens with zero attached hydrogens (tertiary/aromatic N) is 5. The minimum atomic E-state index is 0.267. The van der Waals surface area contributed by atoms with E-state index in [1.165, 1.54) is 156 Å². The molecular weight excluding hydrogens is 1450 g/mol. The Bertz CT molecular complexity index is 8520. The van der Waals surface area contributed by atoms with Gasteiger partial charge in [-0.3, -0.25) is 4.57 Å². The first kappa shape index (κ1) is 63.0. The van der Waals surface area contributed by atoms with Crippen LogP contribution in [0.25, 0.3) is 239 Å². The van der Waals surface area contributed by atoms with Gasteiger partial charge in [0.25, 0.3) is 0 Å². The number of para-hydroxylation sites is 2. The first-order valence-electron chi connectivity index (χ1n) is 37.2. The highest BCUT2D eigenvalue weighted by atomic mass is 35.5. The molecule has 0 fully saturated rings. The van der Waals surface area contributed by atoms with Gasteiger partial charge in [-0.05, 0) is 140 Å². The highest BCUT2D eigenvalue weighted by molar-refractivity contribution is 7.27. The Morgan fingerprint density at radius 2 is 0.649 bits per heavy atom. The molecule has 18 aromatic carbocycles. The molecule has 26 rings (SSSR count). The number of nitrogens with one attached hydrogen (secondary N) is 1. The minimum Gasteiger partial charge on any atom is -0.354 e. The molecule has 111 heavy (non-hydrogen) atoms. The van der Waals surface area contributed by atoms with Crippen molar-refractivity contribution in [2.24, 2.45) is 0 Å². The first-order valence-corrected chi connectivity index (χ1v) is 40.8. The molecule has 0 saturated heterocycles. The predicted octanol–water partition coefficient (Wildman–Crippen LogP) is 30.1. The van der Waals surface area contributed by atoms with Gasteiger partial charge in [-0.15, -0.1) is 45.3 Å². The number of aromatic amines is 1. The molecule has 0 radical (unpaired) electrons. The summed E-state index contributed by atoms with van der Waals surface area (Å²) in [5, 5.41) is 32.2. The second-order valence-corrected chi connectivity index (χ2v) is 33.4. The van der Waals surface area contributed by atoms with Crippen molar-refractivity contribution in [2.45, 2.75) is 0 Å². The SMILES string of the molecule is Clc1nc(-c2ccc3sc4ccccc4c3c2)c2c3ccccc3c3ccccc3c2n1.c1ccc2c(c1)[nH]c1cc3c(ccc4c5ccccc5sc34)cc12.c1ccc2c(c1)sc1ccc(-c3nc(-n4c5ccccc5c5cc6ccc7c8ccccc8sc7c6cc54)nc4c5ccccc5c5ccccc5c34)cc12. The summed E-state index contributed by atoms with van der Waals surface area (Å²) in [7, 11) is 0. The third kappa shape index (κ3) is 9.66. The number of thiophene rings is 4. The molecule has 11 heteroatoms. The van der Waals surface area contributed by atoms with E-state index in [1.54, 1.807) is 0 Å². The molecule has 8 aromatic heterocycles. The van der Waals surface area contributed by atoms with Gasteiger partial charge in [-0.2, -0.15) is 0 Å². The van der Waals surface area contributed by atoms with Crippen LogP contribution in [0.4, 0.5) is 0 Å².